The standard InChI is InChI=1S/C10H11BF4O3/c12-9(13)10(14,15)6-18-5-7-1-3-8(4-2-7)11(16)17/h1-4,9,16-17H,5-6H2. The molecule has 2 N–H and O–H groups in total. The number of halogens is 4. The maximum atomic E-state index is 12.5. The molecule has 0 spiro atoms. The third-order valence-electron chi connectivity index (χ3n) is 2.16. The highest BCUT2D eigenvalue weighted by Crippen LogP contribution is 2.23. The van der Waals surface area contributed by atoms with Crippen molar-refractivity contribution in [1.29, 1.82) is 0 Å². The normalized spacial score (nSPS) is 11.9. The molecule has 100 valence electrons. The van der Waals surface area contributed by atoms with Crippen molar-refractivity contribution in [3.05, 3.63) is 29.8 Å². The van der Waals surface area contributed by atoms with E-state index in [9.17, 15) is 17.6 Å². The van der Waals surface area contributed by atoms with Crippen LogP contribution in [0.2, 0.25) is 0 Å². The van der Waals surface area contributed by atoms with Crippen molar-refractivity contribution in [2.45, 2.75) is 19.0 Å². The molecule has 0 fully saturated rings. The van der Waals surface area contributed by atoms with Gasteiger partial charge in [-0.3, -0.25) is 0 Å². The van der Waals surface area contributed by atoms with E-state index < -0.39 is 26.1 Å². The summed E-state index contributed by atoms with van der Waals surface area (Å²) in [7, 11) is -1.62. The summed E-state index contributed by atoms with van der Waals surface area (Å²) in [6.07, 6.45) is -3.76. The average Bonchev–Trinajstić information content (AvgIpc) is 2.29. The van der Waals surface area contributed by atoms with E-state index in [1.165, 1.54) is 24.3 Å². The highest BCUT2D eigenvalue weighted by molar-refractivity contribution is 6.58. The first-order chi connectivity index (χ1) is 8.33. The second-order valence-electron chi connectivity index (χ2n) is 3.67. The topological polar surface area (TPSA) is 49.7 Å². The smallest absolute Gasteiger partial charge is 0.423 e. The molecule has 0 saturated heterocycles. The molecular weight excluding hydrogens is 255 g/mol. The first-order valence-corrected chi connectivity index (χ1v) is 5.01. The first-order valence-electron chi connectivity index (χ1n) is 5.01. The van der Waals surface area contributed by atoms with Gasteiger partial charge in [-0.05, 0) is 11.0 Å². The van der Waals surface area contributed by atoms with E-state index in [1.54, 1.807) is 0 Å². The van der Waals surface area contributed by atoms with E-state index in [0.29, 0.717) is 5.56 Å². The van der Waals surface area contributed by atoms with Gasteiger partial charge in [0.05, 0.1) is 6.61 Å². The number of benzene rings is 1. The summed E-state index contributed by atoms with van der Waals surface area (Å²) in [5.74, 6) is -4.17. The van der Waals surface area contributed by atoms with Crippen molar-refractivity contribution in [3.8, 4) is 0 Å². The minimum absolute atomic E-state index is 0.233. The summed E-state index contributed by atoms with van der Waals surface area (Å²) in [6.45, 7) is -1.63. The van der Waals surface area contributed by atoms with Crippen molar-refractivity contribution in [2.75, 3.05) is 6.61 Å². The fourth-order valence-electron chi connectivity index (χ4n) is 1.15. The maximum Gasteiger partial charge on any atom is 0.488 e. The summed E-state index contributed by atoms with van der Waals surface area (Å²) in [5.41, 5.74) is 0.695. The Morgan fingerprint density at radius 3 is 2.17 bits per heavy atom. The Balaban J connectivity index is 2.45. The van der Waals surface area contributed by atoms with Crippen LogP contribution >= 0.6 is 0 Å². The van der Waals surface area contributed by atoms with Crippen LogP contribution in [0.5, 0.6) is 0 Å². The van der Waals surface area contributed by atoms with Gasteiger partial charge in [0.1, 0.15) is 6.61 Å². The van der Waals surface area contributed by atoms with Crippen LogP contribution in [0.15, 0.2) is 24.3 Å². The summed E-state index contributed by atoms with van der Waals surface area (Å²) < 4.78 is 53.0. The first kappa shape index (κ1) is 14.9. The molecule has 0 bridgehead atoms. The van der Waals surface area contributed by atoms with E-state index >= 15 is 0 Å². The summed E-state index contributed by atoms with van der Waals surface area (Å²) in [4.78, 5) is 0. The van der Waals surface area contributed by atoms with Crippen molar-refractivity contribution < 1.29 is 32.3 Å². The van der Waals surface area contributed by atoms with Crippen LogP contribution in [-0.4, -0.2) is 36.1 Å². The molecule has 0 radical (unpaired) electrons. The minimum Gasteiger partial charge on any atom is -0.423 e. The zero-order valence-corrected chi connectivity index (χ0v) is 9.19. The van der Waals surface area contributed by atoms with Crippen LogP contribution in [0.4, 0.5) is 17.6 Å². The van der Waals surface area contributed by atoms with Gasteiger partial charge in [-0.25, -0.2) is 8.78 Å². The number of hydrogen-bond donors (Lipinski definition) is 2. The van der Waals surface area contributed by atoms with Crippen LogP contribution in [0.25, 0.3) is 0 Å². The summed E-state index contributed by atoms with van der Waals surface area (Å²) in [6, 6.07) is 5.59. The Labute approximate surface area is 101 Å². The van der Waals surface area contributed by atoms with Crippen LogP contribution in [0.1, 0.15) is 5.56 Å². The SMILES string of the molecule is OB(O)c1ccc(COCC(F)(F)C(F)F)cc1. The lowest BCUT2D eigenvalue weighted by Crippen LogP contribution is -2.32. The second kappa shape index (κ2) is 6.17. The molecule has 0 aliphatic heterocycles. The van der Waals surface area contributed by atoms with Gasteiger partial charge < -0.3 is 14.8 Å². The van der Waals surface area contributed by atoms with E-state index in [4.69, 9.17) is 10.0 Å². The third kappa shape index (κ3) is 4.28. The number of alkyl halides is 4. The number of hydrogen-bond acceptors (Lipinski definition) is 3. The quantitative estimate of drug-likeness (QED) is 0.591. The Morgan fingerprint density at radius 1 is 1.17 bits per heavy atom. The Hall–Kier alpha value is -1.12. The van der Waals surface area contributed by atoms with Crippen molar-refractivity contribution in [1.82, 2.24) is 0 Å². The molecule has 0 aliphatic rings. The maximum absolute atomic E-state index is 12.5. The molecule has 3 nitrogen and oxygen atoms in total. The summed E-state index contributed by atoms with van der Waals surface area (Å²) in [5, 5.41) is 17.6. The van der Waals surface area contributed by atoms with Crippen LogP contribution < -0.4 is 5.46 Å². The predicted molar refractivity (Wildman–Crippen MR) is 56.9 cm³/mol. The number of rotatable bonds is 6. The largest absolute Gasteiger partial charge is 0.488 e. The van der Waals surface area contributed by atoms with Crippen molar-refractivity contribution >= 4 is 12.6 Å². The fourth-order valence-corrected chi connectivity index (χ4v) is 1.15. The van der Waals surface area contributed by atoms with E-state index in [0.717, 1.165) is 0 Å². The molecule has 0 aliphatic carbocycles. The Kier molecular flexibility index (Phi) is 5.12. The van der Waals surface area contributed by atoms with E-state index in [-0.39, 0.29) is 12.1 Å². The minimum atomic E-state index is -4.17. The molecular formula is C10H11BF4O3. The van der Waals surface area contributed by atoms with Gasteiger partial charge in [0.2, 0.25) is 0 Å². The average molecular weight is 266 g/mol. The molecule has 0 heterocycles. The third-order valence-corrected chi connectivity index (χ3v) is 2.16. The Morgan fingerprint density at radius 2 is 1.72 bits per heavy atom. The van der Waals surface area contributed by atoms with Gasteiger partial charge in [0.15, 0.2) is 0 Å². The van der Waals surface area contributed by atoms with Gasteiger partial charge in [0, 0.05) is 0 Å². The van der Waals surface area contributed by atoms with Crippen molar-refractivity contribution in [2.24, 2.45) is 0 Å². The highest BCUT2D eigenvalue weighted by atomic mass is 19.3. The summed E-state index contributed by atoms with van der Waals surface area (Å²) >= 11 is 0. The lowest BCUT2D eigenvalue weighted by atomic mass is 9.80. The second-order valence-corrected chi connectivity index (χ2v) is 3.67. The molecule has 1 aromatic rings. The molecule has 0 amide bonds. The molecule has 1 rings (SSSR count). The predicted octanol–water partition coefficient (Wildman–Crippen LogP) is 0.783. The van der Waals surface area contributed by atoms with Crippen LogP contribution in [0.3, 0.4) is 0 Å². The van der Waals surface area contributed by atoms with E-state index in [2.05, 4.69) is 4.74 Å². The molecule has 0 atom stereocenters. The lowest BCUT2D eigenvalue weighted by Gasteiger charge is -2.15. The van der Waals surface area contributed by atoms with Crippen LogP contribution in [-0.2, 0) is 11.3 Å². The number of ether oxygens (including phenoxy) is 1. The lowest BCUT2D eigenvalue weighted by molar-refractivity contribution is -0.168. The Bertz CT molecular complexity index is 370. The van der Waals surface area contributed by atoms with Gasteiger partial charge in [-0.2, -0.15) is 8.78 Å². The molecule has 0 aromatic heterocycles. The molecule has 8 heteroatoms. The van der Waals surface area contributed by atoms with Crippen LogP contribution in [0, 0.1) is 0 Å². The van der Waals surface area contributed by atoms with Gasteiger partial charge in [0.25, 0.3) is 0 Å². The van der Waals surface area contributed by atoms with Crippen molar-refractivity contribution in [3.63, 3.8) is 0 Å². The van der Waals surface area contributed by atoms with Gasteiger partial charge in [-0.15, -0.1) is 0 Å². The zero-order chi connectivity index (χ0) is 13.8. The van der Waals surface area contributed by atoms with Gasteiger partial charge in [-0.1, -0.05) is 24.3 Å². The van der Waals surface area contributed by atoms with Gasteiger partial charge >= 0.3 is 19.5 Å². The monoisotopic (exact) mass is 266 g/mol. The molecule has 0 unspecified atom stereocenters. The molecule has 0 saturated carbocycles. The fraction of sp³-hybridized carbons (Fsp3) is 0.400. The molecule has 1 aromatic carbocycles. The molecule has 18 heavy (non-hydrogen) atoms. The van der Waals surface area contributed by atoms with E-state index in [1.807, 2.05) is 0 Å². The highest BCUT2D eigenvalue weighted by Gasteiger charge is 2.40. The zero-order valence-electron chi connectivity index (χ0n) is 9.19.